The van der Waals surface area contributed by atoms with Gasteiger partial charge in [0.25, 0.3) is 0 Å². The predicted octanol–water partition coefficient (Wildman–Crippen LogP) is 3.62. The zero-order valence-corrected chi connectivity index (χ0v) is 12.5. The van der Waals surface area contributed by atoms with Crippen molar-refractivity contribution in [1.29, 1.82) is 0 Å². The first-order valence-electron chi connectivity index (χ1n) is 6.52. The number of halogens is 1. The number of benzene rings is 2. The van der Waals surface area contributed by atoms with E-state index in [1.807, 2.05) is 43.4 Å². The minimum absolute atomic E-state index is 0.605. The number of ether oxygens (including phenoxy) is 1. The van der Waals surface area contributed by atoms with E-state index in [-0.39, 0.29) is 0 Å². The maximum Gasteiger partial charge on any atom is 0.119 e. The molecule has 0 amide bonds. The van der Waals surface area contributed by atoms with E-state index >= 15 is 0 Å². The van der Waals surface area contributed by atoms with Gasteiger partial charge < -0.3 is 15.4 Å². The Balaban J connectivity index is 2.23. The van der Waals surface area contributed by atoms with Crippen LogP contribution < -0.4 is 15.4 Å². The van der Waals surface area contributed by atoms with E-state index in [1.165, 1.54) is 0 Å². The highest BCUT2D eigenvalue weighted by atomic mass is 35.5. The molecule has 20 heavy (non-hydrogen) atoms. The van der Waals surface area contributed by atoms with Crippen molar-refractivity contribution >= 4 is 23.0 Å². The molecule has 0 radical (unpaired) electrons. The SMILES string of the molecule is COc1ccc(N(C)c2ccc(CCN)c(Cl)c2)cc1. The molecule has 2 N–H and O–H groups in total. The summed E-state index contributed by atoms with van der Waals surface area (Å²) in [6.45, 7) is 0.605. The molecule has 0 fully saturated rings. The lowest BCUT2D eigenvalue weighted by Crippen LogP contribution is -2.10. The highest BCUT2D eigenvalue weighted by Crippen LogP contribution is 2.29. The molecular formula is C16H19ClN2O. The highest BCUT2D eigenvalue weighted by Gasteiger charge is 2.07. The predicted molar refractivity (Wildman–Crippen MR) is 85.3 cm³/mol. The van der Waals surface area contributed by atoms with Crippen LogP contribution in [0.15, 0.2) is 42.5 Å². The first kappa shape index (κ1) is 14.7. The van der Waals surface area contributed by atoms with E-state index in [4.69, 9.17) is 22.1 Å². The summed E-state index contributed by atoms with van der Waals surface area (Å²) >= 11 is 6.29. The lowest BCUT2D eigenvalue weighted by molar-refractivity contribution is 0.415. The summed E-state index contributed by atoms with van der Waals surface area (Å²) in [6.07, 6.45) is 0.797. The molecule has 0 unspecified atom stereocenters. The van der Waals surface area contributed by atoms with Crippen molar-refractivity contribution in [2.75, 3.05) is 25.6 Å². The van der Waals surface area contributed by atoms with Crippen LogP contribution in [0.25, 0.3) is 0 Å². The van der Waals surface area contributed by atoms with Gasteiger partial charge in [-0.05, 0) is 54.9 Å². The number of nitrogens with zero attached hydrogens (tertiary/aromatic N) is 1. The molecule has 0 aliphatic heterocycles. The molecule has 3 nitrogen and oxygen atoms in total. The van der Waals surface area contributed by atoms with Gasteiger partial charge in [-0.15, -0.1) is 0 Å². The van der Waals surface area contributed by atoms with Crippen LogP contribution >= 0.6 is 11.6 Å². The summed E-state index contributed by atoms with van der Waals surface area (Å²) in [6, 6.07) is 14.0. The largest absolute Gasteiger partial charge is 0.497 e. The Hall–Kier alpha value is -1.71. The van der Waals surface area contributed by atoms with Gasteiger partial charge in [-0.1, -0.05) is 17.7 Å². The van der Waals surface area contributed by atoms with Gasteiger partial charge in [0.05, 0.1) is 7.11 Å². The smallest absolute Gasteiger partial charge is 0.119 e. The van der Waals surface area contributed by atoms with E-state index in [0.717, 1.165) is 34.1 Å². The Bertz CT molecular complexity index is 569. The summed E-state index contributed by atoms with van der Waals surface area (Å²) in [5, 5.41) is 0.758. The van der Waals surface area contributed by atoms with Crippen LogP contribution in [0.4, 0.5) is 11.4 Å². The lowest BCUT2D eigenvalue weighted by Gasteiger charge is -2.20. The second-order valence-corrected chi connectivity index (χ2v) is 4.98. The second kappa shape index (κ2) is 6.64. The van der Waals surface area contributed by atoms with Gasteiger partial charge in [0.15, 0.2) is 0 Å². The number of nitrogens with two attached hydrogens (primary N) is 1. The Morgan fingerprint density at radius 1 is 1.10 bits per heavy atom. The van der Waals surface area contributed by atoms with Crippen LogP contribution in [0.1, 0.15) is 5.56 Å². The molecule has 0 heterocycles. The van der Waals surface area contributed by atoms with Crippen molar-refractivity contribution in [3.8, 4) is 5.75 Å². The molecular weight excluding hydrogens is 272 g/mol. The van der Waals surface area contributed by atoms with Crippen molar-refractivity contribution in [1.82, 2.24) is 0 Å². The van der Waals surface area contributed by atoms with Gasteiger partial charge in [0.2, 0.25) is 0 Å². The summed E-state index contributed by atoms with van der Waals surface area (Å²) in [5.41, 5.74) is 8.77. The number of rotatable bonds is 5. The quantitative estimate of drug-likeness (QED) is 0.914. The molecule has 106 valence electrons. The fourth-order valence-corrected chi connectivity index (χ4v) is 2.33. The molecule has 2 aromatic carbocycles. The maximum absolute atomic E-state index is 6.29. The summed E-state index contributed by atoms with van der Waals surface area (Å²) in [5.74, 6) is 0.846. The average molecular weight is 291 g/mol. The molecule has 0 saturated carbocycles. The first-order chi connectivity index (χ1) is 9.65. The molecule has 4 heteroatoms. The fraction of sp³-hybridized carbons (Fsp3) is 0.250. The zero-order valence-electron chi connectivity index (χ0n) is 11.8. The van der Waals surface area contributed by atoms with E-state index in [0.29, 0.717) is 6.54 Å². The summed E-state index contributed by atoms with van der Waals surface area (Å²) < 4.78 is 5.16. The minimum atomic E-state index is 0.605. The van der Waals surface area contributed by atoms with Crippen molar-refractivity contribution in [3.05, 3.63) is 53.1 Å². The number of anilines is 2. The molecule has 0 aromatic heterocycles. The molecule has 0 aliphatic rings. The fourth-order valence-electron chi connectivity index (χ4n) is 2.06. The van der Waals surface area contributed by atoms with Crippen LogP contribution in [0.3, 0.4) is 0 Å². The van der Waals surface area contributed by atoms with Gasteiger partial charge in [0, 0.05) is 23.4 Å². The molecule has 0 spiro atoms. The van der Waals surface area contributed by atoms with Gasteiger partial charge >= 0.3 is 0 Å². The van der Waals surface area contributed by atoms with E-state index < -0.39 is 0 Å². The van der Waals surface area contributed by atoms with Gasteiger partial charge in [0.1, 0.15) is 5.75 Å². The molecule has 2 rings (SSSR count). The van der Waals surface area contributed by atoms with E-state index in [1.54, 1.807) is 7.11 Å². The Morgan fingerprint density at radius 3 is 2.30 bits per heavy atom. The third-order valence-corrected chi connectivity index (χ3v) is 3.65. The van der Waals surface area contributed by atoms with E-state index in [9.17, 15) is 0 Å². The van der Waals surface area contributed by atoms with Crippen LogP contribution in [-0.4, -0.2) is 20.7 Å². The molecule has 0 aliphatic carbocycles. The Morgan fingerprint density at radius 2 is 1.75 bits per heavy atom. The van der Waals surface area contributed by atoms with Crippen molar-refractivity contribution < 1.29 is 4.74 Å². The lowest BCUT2D eigenvalue weighted by atomic mass is 10.1. The molecule has 0 bridgehead atoms. The van der Waals surface area contributed by atoms with Crippen LogP contribution in [-0.2, 0) is 6.42 Å². The minimum Gasteiger partial charge on any atom is -0.497 e. The standard InChI is InChI=1S/C16H19ClN2O/c1-19(13-5-7-15(20-2)8-6-13)14-4-3-12(9-10-18)16(17)11-14/h3-8,11H,9-10,18H2,1-2H3. The summed E-state index contributed by atoms with van der Waals surface area (Å²) in [7, 11) is 3.67. The molecule has 0 saturated heterocycles. The zero-order chi connectivity index (χ0) is 14.5. The van der Waals surface area contributed by atoms with Crippen LogP contribution in [0.5, 0.6) is 5.75 Å². The number of methoxy groups -OCH3 is 1. The van der Waals surface area contributed by atoms with Gasteiger partial charge in [-0.2, -0.15) is 0 Å². The van der Waals surface area contributed by atoms with E-state index in [2.05, 4.69) is 11.0 Å². The monoisotopic (exact) mass is 290 g/mol. The normalized spacial score (nSPS) is 10.4. The third kappa shape index (κ3) is 3.24. The van der Waals surface area contributed by atoms with Gasteiger partial charge in [-0.3, -0.25) is 0 Å². The number of hydrogen-bond acceptors (Lipinski definition) is 3. The number of hydrogen-bond donors (Lipinski definition) is 1. The van der Waals surface area contributed by atoms with Crippen LogP contribution in [0.2, 0.25) is 5.02 Å². The summed E-state index contributed by atoms with van der Waals surface area (Å²) in [4.78, 5) is 2.08. The molecule has 2 aromatic rings. The highest BCUT2D eigenvalue weighted by molar-refractivity contribution is 6.31. The molecule has 0 atom stereocenters. The topological polar surface area (TPSA) is 38.5 Å². The Labute approximate surface area is 124 Å². The maximum atomic E-state index is 6.29. The van der Waals surface area contributed by atoms with Gasteiger partial charge in [-0.25, -0.2) is 0 Å². The second-order valence-electron chi connectivity index (χ2n) is 4.57. The first-order valence-corrected chi connectivity index (χ1v) is 6.89. The third-order valence-electron chi connectivity index (χ3n) is 3.30. The van der Waals surface area contributed by atoms with Crippen molar-refractivity contribution in [2.45, 2.75) is 6.42 Å². The Kier molecular flexibility index (Phi) is 4.88. The van der Waals surface area contributed by atoms with Crippen LogP contribution in [0, 0.1) is 0 Å². The average Bonchev–Trinajstić information content (AvgIpc) is 2.49. The van der Waals surface area contributed by atoms with Crippen molar-refractivity contribution in [3.63, 3.8) is 0 Å². The van der Waals surface area contributed by atoms with Crippen molar-refractivity contribution in [2.24, 2.45) is 5.73 Å².